The van der Waals surface area contributed by atoms with Crippen LogP contribution in [0.25, 0.3) is 32.6 Å². The Labute approximate surface area is 290 Å². The molecule has 1 saturated heterocycles. The van der Waals surface area contributed by atoms with E-state index in [0.29, 0.717) is 64.0 Å². The molecular formula is C34H31Cl2N7O4S. The van der Waals surface area contributed by atoms with Crippen LogP contribution in [0.4, 0.5) is 11.5 Å². The van der Waals surface area contributed by atoms with E-state index >= 15 is 0 Å². The Kier molecular flexibility index (Phi) is 10.5. The molecule has 2 aromatic carbocycles. The van der Waals surface area contributed by atoms with Crippen LogP contribution >= 0.6 is 34.5 Å². The third kappa shape index (κ3) is 7.44. The van der Waals surface area contributed by atoms with Gasteiger partial charge in [-0.05, 0) is 24.6 Å². The van der Waals surface area contributed by atoms with Crippen molar-refractivity contribution >= 4 is 68.2 Å². The van der Waals surface area contributed by atoms with Gasteiger partial charge in [0.2, 0.25) is 5.88 Å². The molecule has 14 heteroatoms. The molecule has 246 valence electrons. The number of aromatic nitrogens is 3. The number of carboxylic acids is 1. The lowest BCUT2D eigenvalue weighted by molar-refractivity contribution is -0.136. The van der Waals surface area contributed by atoms with E-state index in [1.165, 1.54) is 11.3 Å². The zero-order valence-electron chi connectivity index (χ0n) is 25.8. The Morgan fingerprint density at radius 3 is 2.60 bits per heavy atom. The molecule has 11 nitrogen and oxygen atoms in total. The second kappa shape index (κ2) is 15.1. The van der Waals surface area contributed by atoms with Gasteiger partial charge in [-0.1, -0.05) is 59.6 Å². The number of fused-ring (bicyclic) bond motifs is 1. The molecular weight excluding hydrogens is 673 g/mol. The summed E-state index contributed by atoms with van der Waals surface area (Å²) in [6.07, 6.45) is 3.30. The van der Waals surface area contributed by atoms with Gasteiger partial charge in [-0.25, -0.2) is 19.7 Å². The number of thiazole rings is 1. The van der Waals surface area contributed by atoms with Crippen molar-refractivity contribution in [2.24, 2.45) is 0 Å². The van der Waals surface area contributed by atoms with Crippen LogP contribution in [0.15, 0.2) is 66.5 Å². The van der Waals surface area contributed by atoms with E-state index < -0.39 is 5.97 Å². The highest BCUT2D eigenvalue weighted by Crippen LogP contribution is 2.42. The number of aliphatic carboxylic acids is 1. The van der Waals surface area contributed by atoms with Crippen LogP contribution in [0, 0.1) is 0 Å². The third-order valence-electron chi connectivity index (χ3n) is 7.80. The molecule has 1 fully saturated rings. The number of pyridine rings is 2. The van der Waals surface area contributed by atoms with Gasteiger partial charge in [-0.15, -0.1) is 11.3 Å². The van der Waals surface area contributed by atoms with E-state index in [0.717, 1.165) is 44.8 Å². The quantitative estimate of drug-likeness (QED) is 0.0891. The maximum Gasteiger partial charge on any atom is 0.317 e. The topological polar surface area (TPSA) is 150 Å². The van der Waals surface area contributed by atoms with E-state index in [2.05, 4.69) is 31.2 Å². The standard InChI is InChI=1S/C34H31Cl2N7O4S/c1-47-34-19(14-37-15-20-9-10-21(18-44)40-20)8-11-25(42-34)24-6-2-4-22(30(24)35)23-5-3-7-26(31(23)36)41-33-32-27(12-13-39-33)48-28(43-32)16-38-17-29(45)46/h2-8,11-13,20,37-38,40H,9-10,14-17H2,1H3,(H,39,41)(H,45,46)/t20-/m0/s1. The van der Waals surface area contributed by atoms with Crippen LogP contribution in [0.3, 0.4) is 0 Å². The number of carbonyl (C=O) groups excluding carboxylic acids is 1. The fourth-order valence-corrected chi connectivity index (χ4v) is 7.03. The van der Waals surface area contributed by atoms with Crippen LogP contribution in [0.5, 0.6) is 5.88 Å². The van der Waals surface area contributed by atoms with Gasteiger partial charge in [0.1, 0.15) is 16.5 Å². The monoisotopic (exact) mass is 703 g/mol. The van der Waals surface area contributed by atoms with E-state index in [-0.39, 0.29) is 12.6 Å². The number of halogens is 2. The number of carboxylic acid groups (broad SMARTS) is 1. The summed E-state index contributed by atoms with van der Waals surface area (Å²) in [6, 6.07) is 17.3. The third-order valence-corrected chi connectivity index (χ3v) is 9.64. The molecule has 5 aromatic rings. The van der Waals surface area contributed by atoms with Gasteiger partial charge in [0.05, 0.1) is 45.5 Å². The molecule has 5 N–H and O–H groups in total. The zero-order chi connectivity index (χ0) is 33.6. The number of allylic oxidation sites excluding steroid dienone is 1. The number of hydrogen-bond donors (Lipinski definition) is 5. The van der Waals surface area contributed by atoms with Crippen molar-refractivity contribution < 1.29 is 19.4 Å². The summed E-state index contributed by atoms with van der Waals surface area (Å²) in [4.78, 5) is 35.7. The lowest BCUT2D eigenvalue weighted by Gasteiger charge is -2.16. The normalized spacial score (nSPS) is 14.1. The molecule has 0 radical (unpaired) electrons. The molecule has 0 bridgehead atoms. The molecule has 3 aromatic heterocycles. The number of ether oxygens (including phenoxy) is 1. The van der Waals surface area contributed by atoms with Gasteiger partial charge in [0.25, 0.3) is 0 Å². The second-order valence-corrected chi connectivity index (χ2v) is 12.9. The minimum absolute atomic E-state index is 0.153. The van der Waals surface area contributed by atoms with Gasteiger partial charge in [-0.3, -0.25) is 4.79 Å². The Morgan fingerprint density at radius 1 is 1.04 bits per heavy atom. The number of anilines is 2. The van der Waals surface area contributed by atoms with Gasteiger partial charge in [0.15, 0.2) is 5.82 Å². The number of carbonyl (C=O) groups is 1. The van der Waals surface area contributed by atoms with Crippen molar-refractivity contribution in [1.82, 2.24) is 30.9 Å². The number of rotatable bonds is 13. The summed E-state index contributed by atoms with van der Waals surface area (Å²) in [7, 11) is 1.59. The van der Waals surface area contributed by atoms with E-state index in [4.69, 9.17) is 38.0 Å². The first-order chi connectivity index (χ1) is 23.3. The fraction of sp³-hybridized carbons (Fsp3) is 0.235. The molecule has 1 aliphatic rings. The molecule has 1 atom stereocenters. The average molecular weight is 705 g/mol. The fourth-order valence-electron chi connectivity index (χ4n) is 5.50. The number of nitrogens with one attached hydrogen (secondary N) is 4. The van der Waals surface area contributed by atoms with Crippen molar-refractivity contribution in [2.75, 3.05) is 25.5 Å². The van der Waals surface area contributed by atoms with Crippen molar-refractivity contribution in [2.45, 2.75) is 32.0 Å². The van der Waals surface area contributed by atoms with Gasteiger partial charge in [0, 0.05) is 60.5 Å². The smallest absolute Gasteiger partial charge is 0.317 e. The lowest BCUT2D eigenvalue weighted by atomic mass is 10.00. The molecule has 0 aliphatic carbocycles. The minimum Gasteiger partial charge on any atom is -0.481 e. The predicted molar refractivity (Wildman–Crippen MR) is 189 cm³/mol. The van der Waals surface area contributed by atoms with E-state index in [1.807, 2.05) is 60.5 Å². The summed E-state index contributed by atoms with van der Waals surface area (Å²) in [5.41, 5.74) is 5.63. The van der Waals surface area contributed by atoms with Gasteiger partial charge in [-0.2, -0.15) is 0 Å². The van der Waals surface area contributed by atoms with Crippen molar-refractivity contribution in [1.29, 1.82) is 0 Å². The van der Waals surface area contributed by atoms with Crippen LogP contribution in [-0.2, 0) is 22.7 Å². The van der Waals surface area contributed by atoms with Crippen molar-refractivity contribution in [3.8, 4) is 28.3 Å². The maximum atomic E-state index is 10.9. The summed E-state index contributed by atoms with van der Waals surface area (Å²) in [5.74, 6) is 2.03. The Morgan fingerprint density at radius 2 is 1.83 bits per heavy atom. The predicted octanol–water partition coefficient (Wildman–Crippen LogP) is 6.21. The first-order valence-corrected chi connectivity index (χ1v) is 16.7. The average Bonchev–Trinajstić information content (AvgIpc) is 3.73. The van der Waals surface area contributed by atoms with Crippen LogP contribution < -0.4 is 26.0 Å². The molecule has 0 spiro atoms. The maximum absolute atomic E-state index is 10.9. The highest BCUT2D eigenvalue weighted by Gasteiger charge is 2.20. The summed E-state index contributed by atoms with van der Waals surface area (Å²) in [5, 5.41) is 23.4. The largest absolute Gasteiger partial charge is 0.481 e. The van der Waals surface area contributed by atoms with Gasteiger partial charge < -0.3 is 31.1 Å². The SMILES string of the molecule is COc1nc(-c2cccc(-c3cccc(Nc4nccc5sc(CNCC(=O)O)nc45)c3Cl)c2Cl)ccc1CNC[C@@H]1CCC(=C=O)N1. The first-order valence-electron chi connectivity index (χ1n) is 15.1. The van der Waals surface area contributed by atoms with Crippen LogP contribution in [0.1, 0.15) is 23.4 Å². The lowest BCUT2D eigenvalue weighted by Crippen LogP contribution is -2.33. The summed E-state index contributed by atoms with van der Waals surface area (Å²) < 4.78 is 6.55. The number of methoxy groups -OCH3 is 1. The summed E-state index contributed by atoms with van der Waals surface area (Å²) >= 11 is 15.5. The molecule has 1 aliphatic heterocycles. The zero-order valence-corrected chi connectivity index (χ0v) is 28.1. The highest BCUT2D eigenvalue weighted by atomic mass is 35.5. The number of nitrogens with zero attached hydrogens (tertiary/aromatic N) is 3. The van der Waals surface area contributed by atoms with Crippen LogP contribution in [-0.4, -0.2) is 58.2 Å². The van der Waals surface area contributed by atoms with E-state index in [9.17, 15) is 9.59 Å². The second-order valence-electron chi connectivity index (χ2n) is 11.0. The Balaban J connectivity index is 1.22. The molecule has 0 amide bonds. The van der Waals surface area contributed by atoms with Crippen molar-refractivity contribution in [3.05, 3.63) is 87.1 Å². The highest BCUT2D eigenvalue weighted by molar-refractivity contribution is 7.18. The molecule has 48 heavy (non-hydrogen) atoms. The van der Waals surface area contributed by atoms with Gasteiger partial charge >= 0.3 is 5.97 Å². The summed E-state index contributed by atoms with van der Waals surface area (Å²) in [6.45, 7) is 1.42. The molecule has 0 unspecified atom stereocenters. The Bertz CT molecular complexity index is 2030. The number of hydrogen-bond acceptors (Lipinski definition) is 11. The van der Waals surface area contributed by atoms with Crippen LogP contribution in [0.2, 0.25) is 10.0 Å². The molecule has 6 rings (SSSR count). The Hall–Kier alpha value is -4.55. The van der Waals surface area contributed by atoms with E-state index in [1.54, 1.807) is 13.3 Å². The van der Waals surface area contributed by atoms with Crippen molar-refractivity contribution in [3.63, 3.8) is 0 Å². The number of benzene rings is 2. The minimum atomic E-state index is -0.930. The first kappa shape index (κ1) is 33.4. The molecule has 4 heterocycles. The molecule has 0 saturated carbocycles.